The van der Waals surface area contributed by atoms with Crippen LogP contribution in [0.4, 0.5) is 0 Å². The monoisotopic (exact) mass is 897 g/mol. The van der Waals surface area contributed by atoms with Crippen molar-refractivity contribution in [1.29, 1.82) is 0 Å². The predicted octanol–water partition coefficient (Wildman–Crippen LogP) is 19.1. The third-order valence-electron chi connectivity index (χ3n) is 12.4. The highest BCUT2D eigenvalue weighted by Crippen LogP contribution is 2.16. The van der Waals surface area contributed by atoms with Gasteiger partial charge in [-0.3, -0.25) is 9.59 Å². The van der Waals surface area contributed by atoms with Crippen molar-refractivity contribution in [2.24, 2.45) is 0 Å². The first-order valence-electron chi connectivity index (χ1n) is 28.2. The second-order valence-electron chi connectivity index (χ2n) is 18.8. The number of hydrogen-bond donors (Lipinski definition) is 0. The Hall–Kier alpha value is -2.14. The molecule has 0 saturated heterocycles. The summed E-state index contributed by atoms with van der Waals surface area (Å²) in [7, 11) is 0. The Morgan fingerprint density at radius 2 is 0.609 bits per heavy atom. The lowest BCUT2D eigenvalue weighted by atomic mass is 10.0. The molecule has 0 N–H and O–H groups in total. The van der Waals surface area contributed by atoms with Crippen LogP contribution in [0.15, 0.2) is 48.6 Å². The van der Waals surface area contributed by atoms with Gasteiger partial charge in [-0.2, -0.15) is 0 Å². The van der Waals surface area contributed by atoms with E-state index in [1.165, 1.54) is 199 Å². The van der Waals surface area contributed by atoms with Crippen molar-refractivity contribution in [2.45, 2.75) is 297 Å². The van der Waals surface area contributed by atoms with Crippen LogP contribution in [0, 0.1) is 0 Å². The van der Waals surface area contributed by atoms with Crippen LogP contribution in [0.1, 0.15) is 290 Å². The van der Waals surface area contributed by atoms with Gasteiger partial charge in [-0.05, 0) is 57.8 Å². The molecule has 374 valence electrons. The van der Waals surface area contributed by atoms with Gasteiger partial charge in [0.05, 0.1) is 0 Å². The molecule has 0 aromatic rings. The number of ether oxygens (including phenoxy) is 3. The molecule has 0 radical (unpaired) electrons. The minimum absolute atomic E-state index is 0.133. The molecule has 0 saturated carbocycles. The van der Waals surface area contributed by atoms with Gasteiger partial charge in [-0.15, -0.1) is 0 Å². The van der Waals surface area contributed by atoms with E-state index in [2.05, 4.69) is 69.4 Å². The lowest BCUT2D eigenvalue weighted by Gasteiger charge is -2.18. The molecule has 1 atom stereocenters. The third-order valence-corrected chi connectivity index (χ3v) is 12.4. The van der Waals surface area contributed by atoms with E-state index in [4.69, 9.17) is 14.2 Å². The van der Waals surface area contributed by atoms with Crippen molar-refractivity contribution in [3.8, 4) is 0 Å². The van der Waals surface area contributed by atoms with Crippen molar-refractivity contribution in [3.05, 3.63) is 48.6 Å². The number of carbonyl (C=O) groups excluding carboxylic acids is 2. The Kier molecular flexibility index (Phi) is 53.3. The van der Waals surface area contributed by atoms with Gasteiger partial charge in [0.25, 0.3) is 0 Å². The molecular formula is C59H108O5. The molecule has 5 nitrogen and oxygen atoms in total. The van der Waals surface area contributed by atoms with Gasteiger partial charge in [-0.1, -0.05) is 268 Å². The molecule has 0 unspecified atom stereocenters. The summed E-state index contributed by atoms with van der Waals surface area (Å²) in [4.78, 5) is 25.3. The van der Waals surface area contributed by atoms with Crippen LogP contribution in [-0.4, -0.2) is 37.9 Å². The molecule has 0 aliphatic rings. The molecule has 0 aliphatic carbocycles. The second kappa shape index (κ2) is 55.2. The van der Waals surface area contributed by atoms with E-state index in [-0.39, 0.29) is 25.2 Å². The molecule has 64 heavy (non-hydrogen) atoms. The van der Waals surface area contributed by atoms with Gasteiger partial charge in [0.15, 0.2) is 0 Å². The second-order valence-corrected chi connectivity index (χ2v) is 18.8. The molecule has 0 aromatic carbocycles. The Bertz CT molecular complexity index is 1060. The minimum atomic E-state index is -0.418. The SMILES string of the molecule is CCCCC/C=C\C/C=C\C/C=C\C/C=C\CCCC(=O)OC[C@H](COC(=O)CCCCCCCCCCCCCCCCC)OCCCCCCCCCCCCCCCCCC. The fourth-order valence-corrected chi connectivity index (χ4v) is 8.13. The molecule has 0 fully saturated rings. The van der Waals surface area contributed by atoms with E-state index in [1.807, 2.05) is 0 Å². The average Bonchev–Trinajstić information content (AvgIpc) is 3.30. The molecule has 0 bridgehead atoms. The van der Waals surface area contributed by atoms with Crippen molar-refractivity contribution < 1.29 is 23.8 Å². The highest BCUT2D eigenvalue weighted by Gasteiger charge is 2.16. The zero-order chi connectivity index (χ0) is 46.3. The standard InChI is InChI=1S/C59H108O5/c1-4-7-10-13-16-19-22-25-28-30-32-35-38-41-44-47-50-53-59(61)64-56-57(62-54-51-48-45-42-39-36-33-29-26-23-20-17-14-11-8-5-2)55-63-58(60)52-49-46-43-40-37-34-31-27-24-21-18-15-12-9-6-3/h16,19,25,28,32,35,41,44,57H,4-15,17-18,20-24,26-27,29-31,33-34,36-40,42-43,45-56H2,1-3H3/b19-16-,28-25-,35-32-,44-41-/t57-/m0/s1. The van der Waals surface area contributed by atoms with E-state index in [0.717, 1.165) is 57.8 Å². The number of carbonyl (C=O) groups is 2. The third kappa shape index (κ3) is 52.5. The fourth-order valence-electron chi connectivity index (χ4n) is 8.13. The number of esters is 2. The summed E-state index contributed by atoms with van der Waals surface area (Å²) in [5.41, 5.74) is 0. The average molecular weight is 898 g/mol. The van der Waals surface area contributed by atoms with E-state index in [1.54, 1.807) is 0 Å². The Morgan fingerprint density at radius 3 is 0.984 bits per heavy atom. The van der Waals surface area contributed by atoms with Crippen LogP contribution in [0.2, 0.25) is 0 Å². The molecule has 0 aliphatic heterocycles. The van der Waals surface area contributed by atoms with Gasteiger partial charge in [-0.25, -0.2) is 0 Å². The van der Waals surface area contributed by atoms with Crippen molar-refractivity contribution in [3.63, 3.8) is 0 Å². The van der Waals surface area contributed by atoms with E-state index >= 15 is 0 Å². The fraction of sp³-hybridized carbons (Fsp3) is 0.831. The molecule has 0 spiro atoms. The van der Waals surface area contributed by atoms with Crippen LogP contribution < -0.4 is 0 Å². The first kappa shape index (κ1) is 61.9. The van der Waals surface area contributed by atoms with Crippen LogP contribution in [0.5, 0.6) is 0 Å². The first-order valence-corrected chi connectivity index (χ1v) is 28.2. The maximum absolute atomic E-state index is 12.6. The zero-order valence-electron chi connectivity index (χ0n) is 43.1. The van der Waals surface area contributed by atoms with Crippen molar-refractivity contribution in [1.82, 2.24) is 0 Å². The van der Waals surface area contributed by atoms with Crippen LogP contribution in [0.3, 0.4) is 0 Å². The van der Waals surface area contributed by atoms with Crippen LogP contribution in [0.25, 0.3) is 0 Å². The lowest BCUT2D eigenvalue weighted by molar-refractivity contribution is -0.155. The summed E-state index contributed by atoms with van der Waals surface area (Å²) >= 11 is 0. The number of unbranched alkanes of at least 4 members (excludes halogenated alkanes) is 33. The minimum Gasteiger partial charge on any atom is -0.463 e. The first-order chi connectivity index (χ1) is 31.6. The quantitative estimate of drug-likeness (QED) is 0.0346. The van der Waals surface area contributed by atoms with Crippen LogP contribution >= 0.6 is 0 Å². The van der Waals surface area contributed by atoms with Gasteiger partial charge >= 0.3 is 11.9 Å². The van der Waals surface area contributed by atoms with Crippen LogP contribution in [-0.2, 0) is 23.8 Å². The molecular weight excluding hydrogens is 789 g/mol. The summed E-state index contributed by atoms with van der Waals surface area (Å²) in [5.74, 6) is -0.382. The predicted molar refractivity (Wildman–Crippen MR) is 279 cm³/mol. The summed E-state index contributed by atoms with van der Waals surface area (Å²) in [6.07, 6.45) is 68.7. The molecule has 5 heteroatoms. The Morgan fingerprint density at radius 1 is 0.328 bits per heavy atom. The molecule has 0 amide bonds. The largest absolute Gasteiger partial charge is 0.463 e. The topological polar surface area (TPSA) is 61.8 Å². The number of allylic oxidation sites excluding steroid dienone is 8. The molecule has 0 rings (SSSR count). The molecule has 0 heterocycles. The number of rotatable bonds is 52. The Balaban J connectivity index is 4.31. The van der Waals surface area contributed by atoms with Crippen molar-refractivity contribution in [2.75, 3.05) is 19.8 Å². The summed E-state index contributed by atoms with van der Waals surface area (Å²) in [6, 6.07) is 0. The maximum atomic E-state index is 12.6. The Labute approximate surface area is 399 Å². The molecule has 0 aromatic heterocycles. The van der Waals surface area contributed by atoms with Gasteiger partial charge < -0.3 is 14.2 Å². The van der Waals surface area contributed by atoms with Gasteiger partial charge in [0.2, 0.25) is 0 Å². The van der Waals surface area contributed by atoms with Gasteiger partial charge in [0, 0.05) is 19.4 Å². The summed E-state index contributed by atoms with van der Waals surface area (Å²) in [6.45, 7) is 7.69. The van der Waals surface area contributed by atoms with E-state index in [9.17, 15) is 9.59 Å². The lowest BCUT2D eigenvalue weighted by Crippen LogP contribution is -2.29. The summed E-state index contributed by atoms with van der Waals surface area (Å²) < 4.78 is 17.5. The number of hydrogen-bond acceptors (Lipinski definition) is 5. The summed E-state index contributed by atoms with van der Waals surface area (Å²) in [5, 5.41) is 0. The highest BCUT2D eigenvalue weighted by atomic mass is 16.6. The van der Waals surface area contributed by atoms with E-state index in [0.29, 0.717) is 19.4 Å². The van der Waals surface area contributed by atoms with Gasteiger partial charge in [0.1, 0.15) is 19.3 Å². The normalized spacial score (nSPS) is 12.5. The zero-order valence-corrected chi connectivity index (χ0v) is 43.1. The van der Waals surface area contributed by atoms with Crippen molar-refractivity contribution >= 4 is 11.9 Å². The smallest absolute Gasteiger partial charge is 0.305 e. The maximum Gasteiger partial charge on any atom is 0.305 e. The van der Waals surface area contributed by atoms with E-state index < -0.39 is 6.10 Å². The highest BCUT2D eigenvalue weighted by molar-refractivity contribution is 5.69.